The van der Waals surface area contributed by atoms with E-state index >= 15 is 0 Å². The second kappa shape index (κ2) is 10.5. The predicted molar refractivity (Wildman–Crippen MR) is 139 cm³/mol. The van der Waals surface area contributed by atoms with Crippen molar-refractivity contribution < 1.29 is 27.3 Å². The highest BCUT2D eigenvalue weighted by atomic mass is 28.4. The maximum absolute atomic E-state index is 13.1. The lowest BCUT2D eigenvalue weighted by atomic mass is 10.0. The van der Waals surface area contributed by atoms with Crippen molar-refractivity contribution >= 4 is 28.2 Å². The number of ketones is 2. The van der Waals surface area contributed by atoms with E-state index in [4.69, 9.17) is 17.7 Å². The zero-order chi connectivity index (χ0) is 25.9. The van der Waals surface area contributed by atoms with Crippen molar-refractivity contribution in [2.75, 3.05) is 0 Å². The van der Waals surface area contributed by atoms with Crippen LogP contribution in [0.4, 0.5) is 0 Å². The van der Waals surface area contributed by atoms with Crippen LogP contribution in [-0.4, -0.2) is 40.4 Å². The molecule has 0 aliphatic heterocycles. The highest BCUT2D eigenvalue weighted by Crippen LogP contribution is 2.41. The average Bonchev–Trinajstić information content (AvgIpc) is 3.38. The van der Waals surface area contributed by atoms with Gasteiger partial charge >= 0.3 is 0 Å². The van der Waals surface area contributed by atoms with Crippen LogP contribution < -0.4 is 0 Å². The minimum Gasteiger partial charge on any atom is -0.461 e. The monoisotopic (exact) mass is 506 g/mol. The van der Waals surface area contributed by atoms with E-state index in [0.717, 1.165) is 0 Å². The van der Waals surface area contributed by atoms with Crippen LogP contribution >= 0.6 is 0 Å². The summed E-state index contributed by atoms with van der Waals surface area (Å²) in [5, 5.41) is -0.156. The highest BCUT2D eigenvalue weighted by molar-refractivity contribution is 6.74. The molecule has 0 saturated carbocycles. The van der Waals surface area contributed by atoms with Crippen LogP contribution in [0.25, 0.3) is 0 Å². The summed E-state index contributed by atoms with van der Waals surface area (Å²) in [7, 11) is -4.61. The fourth-order valence-electron chi connectivity index (χ4n) is 3.05. The number of carbonyl (C=O) groups excluding carboxylic acids is 2. The van der Waals surface area contributed by atoms with Crippen LogP contribution in [0.3, 0.4) is 0 Å². The van der Waals surface area contributed by atoms with Crippen molar-refractivity contribution in [1.29, 1.82) is 0 Å². The molecule has 2 heterocycles. The summed E-state index contributed by atoms with van der Waals surface area (Å²) in [6, 6.07) is 6.70. The number of rotatable bonds is 11. The van der Waals surface area contributed by atoms with Crippen LogP contribution in [0.5, 0.6) is 0 Å². The topological polar surface area (TPSA) is 78.9 Å². The van der Waals surface area contributed by atoms with Crippen molar-refractivity contribution in [3.05, 3.63) is 48.3 Å². The molecule has 190 valence electrons. The molecule has 2 aromatic rings. The van der Waals surface area contributed by atoms with Gasteiger partial charge in [-0.25, -0.2) is 0 Å². The average molecular weight is 507 g/mol. The molecule has 0 radical (unpaired) electrons. The third-order valence-electron chi connectivity index (χ3n) is 7.28. The van der Waals surface area contributed by atoms with E-state index in [-0.39, 0.29) is 46.0 Å². The summed E-state index contributed by atoms with van der Waals surface area (Å²) in [4.78, 5) is 26.3. The van der Waals surface area contributed by atoms with Crippen molar-refractivity contribution in [3.63, 3.8) is 0 Å². The Morgan fingerprint density at radius 2 is 1.06 bits per heavy atom. The molecule has 0 bridgehead atoms. The molecule has 0 amide bonds. The van der Waals surface area contributed by atoms with E-state index in [9.17, 15) is 9.59 Å². The highest BCUT2D eigenvalue weighted by Gasteiger charge is 2.46. The maximum atomic E-state index is 13.1. The Kier molecular flexibility index (Phi) is 8.78. The van der Waals surface area contributed by atoms with Gasteiger partial charge in [0, 0.05) is 12.8 Å². The van der Waals surface area contributed by atoms with Gasteiger partial charge in [0.15, 0.2) is 28.2 Å². The molecule has 0 aliphatic rings. The normalized spacial score (nSPS) is 15.2. The van der Waals surface area contributed by atoms with Gasteiger partial charge in [-0.05, 0) is 60.5 Å². The van der Waals surface area contributed by atoms with E-state index in [1.807, 2.05) is 0 Å². The van der Waals surface area contributed by atoms with Crippen molar-refractivity contribution in [2.24, 2.45) is 0 Å². The van der Waals surface area contributed by atoms with Gasteiger partial charge in [-0.3, -0.25) is 9.59 Å². The molecule has 8 heteroatoms. The van der Waals surface area contributed by atoms with E-state index in [2.05, 4.69) is 67.7 Å². The number of furan rings is 2. The van der Waals surface area contributed by atoms with Gasteiger partial charge in [0.25, 0.3) is 0 Å². The molecule has 34 heavy (non-hydrogen) atoms. The van der Waals surface area contributed by atoms with E-state index in [1.54, 1.807) is 24.3 Å². The van der Waals surface area contributed by atoms with Crippen LogP contribution in [0.2, 0.25) is 36.3 Å². The van der Waals surface area contributed by atoms with Crippen LogP contribution in [0.15, 0.2) is 45.6 Å². The first kappa shape index (κ1) is 28.5. The Bertz CT molecular complexity index is 853. The molecular weight excluding hydrogens is 464 g/mol. The quantitative estimate of drug-likeness (QED) is 0.232. The molecular formula is C26H42O6Si2. The lowest BCUT2D eigenvalue weighted by Gasteiger charge is -2.45. The number of hydrogen-bond donors (Lipinski definition) is 0. The van der Waals surface area contributed by atoms with Gasteiger partial charge < -0.3 is 17.7 Å². The van der Waals surface area contributed by atoms with Crippen molar-refractivity contribution in [1.82, 2.24) is 0 Å². The Labute approximate surface area is 206 Å². The summed E-state index contributed by atoms with van der Waals surface area (Å²) in [5.74, 6) is 0.241. The fourth-order valence-corrected chi connectivity index (χ4v) is 5.74. The molecule has 0 spiro atoms. The molecule has 0 aromatic carbocycles. The fraction of sp³-hybridized carbons (Fsp3) is 0.615. The Morgan fingerprint density at radius 1 is 0.735 bits per heavy atom. The van der Waals surface area contributed by atoms with Gasteiger partial charge in [-0.2, -0.15) is 0 Å². The van der Waals surface area contributed by atoms with Crippen LogP contribution in [0, 0.1) is 0 Å². The number of hydrogen-bond acceptors (Lipinski definition) is 6. The molecule has 2 rings (SSSR count). The first-order valence-corrected chi connectivity index (χ1v) is 17.8. The third kappa shape index (κ3) is 7.13. The molecule has 2 atom stereocenters. The summed E-state index contributed by atoms with van der Waals surface area (Å²) in [5.41, 5.74) is 0. The van der Waals surface area contributed by atoms with E-state index < -0.39 is 28.8 Å². The zero-order valence-corrected chi connectivity index (χ0v) is 24.5. The Balaban J connectivity index is 2.47. The first-order valence-electron chi connectivity index (χ1n) is 11.9. The molecule has 6 nitrogen and oxygen atoms in total. The Morgan fingerprint density at radius 3 is 1.29 bits per heavy atom. The van der Waals surface area contributed by atoms with Crippen LogP contribution in [-0.2, 0) is 8.85 Å². The van der Waals surface area contributed by atoms with Gasteiger partial charge in [-0.15, -0.1) is 0 Å². The smallest absolute Gasteiger partial charge is 0.200 e. The first-order chi connectivity index (χ1) is 15.4. The molecule has 0 unspecified atom stereocenters. The molecule has 0 fully saturated rings. The molecule has 2 aromatic heterocycles. The summed E-state index contributed by atoms with van der Waals surface area (Å²) < 4.78 is 24.3. The van der Waals surface area contributed by atoms with Gasteiger partial charge in [0.1, 0.15) is 0 Å². The third-order valence-corrected chi connectivity index (χ3v) is 16.3. The van der Waals surface area contributed by atoms with E-state index in [0.29, 0.717) is 0 Å². The lowest BCUT2D eigenvalue weighted by Crippen LogP contribution is -2.52. The second-order valence-electron chi connectivity index (χ2n) is 12.0. The molecule has 0 N–H and O–H groups in total. The van der Waals surface area contributed by atoms with Crippen molar-refractivity contribution in [3.8, 4) is 0 Å². The van der Waals surface area contributed by atoms with Gasteiger partial charge in [0.2, 0.25) is 11.6 Å². The zero-order valence-electron chi connectivity index (χ0n) is 22.5. The minimum atomic E-state index is -2.30. The van der Waals surface area contributed by atoms with Gasteiger partial charge in [0.05, 0.1) is 24.7 Å². The summed E-state index contributed by atoms with van der Waals surface area (Å²) in [6.45, 7) is 21.5. The number of Topliss-reactive ketones (excluding diaryl/α,β-unsaturated/α-hetero) is 2. The largest absolute Gasteiger partial charge is 0.461 e. The minimum absolute atomic E-state index is 0.0742. The second-order valence-corrected chi connectivity index (χ2v) is 21.6. The molecule has 0 aliphatic carbocycles. The van der Waals surface area contributed by atoms with Gasteiger partial charge in [-0.1, -0.05) is 41.5 Å². The predicted octanol–water partition coefficient (Wildman–Crippen LogP) is 7.50. The van der Waals surface area contributed by atoms with Crippen LogP contribution in [0.1, 0.15) is 75.5 Å². The number of carbonyl (C=O) groups is 2. The Hall–Kier alpha value is -1.75. The lowest BCUT2D eigenvalue weighted by molar-refractivity contribution is 0.0240. The molecule has 0 saturated heterocycles. The maximum Gasteiger partial charge on any atom is 0.200 e. The summed E-state index contributed by atoms with van der Waals surface area (Å²) >= 11 is 0. The summed E-state index contributed by atoms with van der Waals surface area (Å²) in [6.07, 6.45) is 1.94. The van der Waals surface area contributed by atoms with Crippen molar-refractivity contribution in [2.45, 2.75) is 103 Å². The SMILES string of the molecule is CC(C)(C)[Si](C)(C)O[C@@H](CC(=O)c1ccco1)[C@@H](CC(=O)c1ccco1)O[Si](C)(C)C(C)(C)C. The standard InChI is InChI=1S/C26H42O6Si2/c1-25(2,3)33(7,8)31-23(17-19(27)21-13-11-15-29-21)24(32-34(9,10)26(4,5)6)18-20(28)22-14-12-16-30-22/h11-16,23-24H,17-18H2,1-10H3/t23-,24+. The van der Waals surface area contributed by atoms with E-state index in [1.165, 1.54) is 12.5 Å².